The molecule has 0 radical (unpaired) electrons. The zero-order chi connectivity index (χ0) is 10.9. The summed E-state index contributed by atoms with van der Waals surface area (Å²) in [5.74, 6) is 0. The summed E-state index contributed by atoms with van der Waals surface area (Å²) in [5, 5.41) is 14.6. The van der Waals surface area contributed by atoms with Gasteiger partial charge in [0.25, 0.3) is 0 Å². The third-order valence-electron chi connectivity index (χ3n) is 2.20. The van der Waals surface area contributed by atoms with Crippen LogP contribution in [0.2, 0.25) is 5.15 Å². The summed E-state index contributed by atoms with van der Waals surface area (Å²) >= 11 is 5.93. The smallest absolute Gasteiger partial charge is 0.127 e. The van der Waals surface area contributed by atoms with Crippen molar-refractivity contribution in [3.8, 4) is 0 Å². The van der Waals surface area contributed by atoms with Gasteiger partial charge in [0.15, 0.2) is 0 Å². The van der Waals surface area contributed by atoms with Crippen molar-refractivity contribution < 1.29 is 5.11 Å². The van der Waals surface area contributed by atoms with Crippen molar-refractivity contribution >= 4 is 11.6 Å². The van der Waals surface area contributed by atoms with Gasteiger partial charge < -0.3 is 5.11 Å². The van der Waals surface area contributed by atoms with E-state index in [0.29, 0.717) is 11.7 Å². The molecule has 0 saturated heterocycles. The molecular formula is C10H17ClN2O. The third kappa shape index (κ3) is 2.72. The van der Waals surface area contributed by atoms with Gasteiger partial charge in [-0.2, -0.15) is 5.10 Å². The van der Waals surface area contributed by atoms with Gasteiger partial charge in [-0.1, -0.05) is 32.4 Å². The lowest BCUT2D eigenvalue weighted by Crippen LogP contribution is -2.31. The van der Waals surface area contributed by atoms with Crippen molar-refractivity contribution in [1.29, 1.82) is 0 Å². The molecule has 0 bridgehead atoms. The van der Waals surface area contributed by atoms with Crippen molar-refractivity contribution in [2.45, 2.75) is 40.3 Å². The molecule has 1 rings (SSSR count). The van der Waals surface area contributed by atoms with E-state index in [-0.39, 0.29) is 5.41 Å². The lowest BCUT2D eigenvalue weighted by atomic mass is 9.89. The van der Waals surface area contributed by atoms with Crippen LogP contribution in [0, 0.1) is 12.3 Å². The SMILES string of the molecule is Cc1cc(Cl)n(CC(O)C(C)(C)C)n1. The predicted octanol–water partition coefficient (Wildman–Crippen LogP) is 2.25. The lowest BCUT2D eigenvalue weighted by Gasteiger charge is -2.25. The number of rotatable bonds is 2. The molecule has 1 aromatic heterocycles. The molecule has 1 N–H and O–H groups in total. The van der Waals surface area contributed by atoms with Crippen LogP contribution in [-0.4, -0.2) is 21.0 Å². The molecule has 14 heavy (non-hydrogen) atoms. The monoisotopic (exact) mass is 216 g/mol. The van der Waals surface area contributed by atoms with Crippen LogP contribution in [-0.2, 0) is 6.54 Å². The molecule has 0 spiro atoms. The molecule has 1 aromatic rings. The Morgan fingerprint density at radius 1 is 1.57 bits per heavy atom. The van der Waals surface area contributed by atoms with Gasteiger partial charge in [0, 0.05) is 0 Å². The van der Waals surface area contributed by atoms with Gasteiger partial charge in [0.2, 0.25) is 0 Å². The number of halogens is 1. The quantitative estimate of drug-likeness (QED) is 0.824. The molecule has 1 unspecified atom stereocenters. The van der Waals surface area contributed by atoms with Crippen LogP contribution in [0.15, 0.2) is 6.07 Å². The van der Waals surface area contributed by atoms with Crippen LogP contribution in [0.5, 0.6) is 0 Å². The highest BCUT2D eigenvalue weighted by Gasteiger charge is 2.23. The summed E-state index contributed by atoms with van der Waals surface area (Å²) < 4.78 is 1.63. The fourth-order valence-electron chi connectivity index (χ4n) is 1.08. The number of aliphatic hydroxyl groups excluding tert-OH is 1. The Kier molecular flexibility index (Phi) is 3.22. The molecule has 0 amide bonds. The van der Waals surface area contributed by atoms with E-state index in [1.54, 1.807) is 10.7 Å². The van der Waals surface area contributed by atoms with E-state index in [9.17, 15) is 5.11 Å². The van der Waals surface area contributed by atoms with Crippen molar-refractivity contribution in [3.63, 3.8) is 0 Å². The van der Waals surface area contributed by atoms with Crippen molar-refractivity contribution in [2.75, 3.05) is 0 Å². The first-order chi connectivity index (χ1) is 6.30. The number of aliphatic hydroxyl groups is 1. The van der Waals surface area contributed by atoms with Crippen LogP contribution in [0.1, 0.15) is 26.5 Å². The summed E-state index contributed by atoms with van der Waals surface area (Å²) in [6.07, 6.45) is -0.445. The minimum atomic E-state index is -0.445. The molecule has 0 aliphatic carbocycles. The van der Waals surface area contributed by atoms with Crippen molar-refractivity contribution in [3.05, 3.63) is 16.9 Å². The fourth-order valence-corrected chi connectivity index (χ4v) is 1.34. The summed E-state index contributed by atoms with van der Waals surface area (Å²) in [5.41, 5.74) is 0.722. The van der Waals surface area contributed by atoms with E-state index in [0.717, 1.165) is 5.69 Å². The third-order valence-corrected chi connectivity index (χ3v) is 2.50. The Morgan fingerprint density at radius 2 is 2.14 bits per heavy atom. The van der Waals surface area contributed by atoms with E-state index >= 15 is 0 Å². The highest BCUT2D eigenvalue weighted by Crippen LogP contribution is 2.21. The first kappa shape index (κ1) is 11.5. The van der Waals surface area contributed by atoms with Gasteiger partial charge >= 0.3 is 0 Å². The van der Waals surface area contributed by atoms with Gasteiger partial charge in [-0.15, -0.1) is 0 Å². The summed E-state index contributed by atoms with van der Waals surface area (Å²) in [4.78, 5) is 0. The Hall–Kier alpha value is -0.540. The molecule has 80 valence electrons. The van der Waals surface area contributed by atoms with Crippen LogP contribution in [0.3, 0.4) is 0 Å². The number of aryl methyl sites for hydroxylation is 1. The normalized spacial score (nSPS) is 14.4. The first-order valence-corrected chi connectivity index (χ1v) is 5.06. The second-order valence-electron chi connectivity index (χ2n) is 4.67. The van der Waals surface area contributed by atoms with E-state index in [1.165, 1.54) is 0 Å². The number of nitrogens with zero attached hydrogens (tertiary/aromatic N) is 2. The number of hydrogen-bond donors (Lipinski definition) is 1. The van der Waals surface area contributed by atoms with E-state index in [2.05, 4.69) is 5.10 Å². The topological polar surface area (TPSA) is 38.0 Å². The Morgan fingerprint density at radius 3 is 2.50 bits per heavy atom. The van der Waals surface area contributed by atoms with E-state index in [4.69, 9.17) is 11.6 Å². The average molecular weight is 217 g/mol. The van der Waals surface area contributed by atoms with Crippen LogP contribution >= 0.6 is 11.6 Å². The molecule has 0 fully saturated rings. The molecule has 0 aliphatic heterocycles. The molecule has 1 atom stereocenters. The Labute approximate surface area is 89.7 Å². The second kappa shape index (κ2) is 3.91. The molecule has 0 saturated carbocycles. The maximum atomic E-state index is 9.85. The number of hydrogen-bond acceptors (Lipinski definition) is 2. The van der Waals surface area contributed by atoms with E-state index in [1.807, 2.05) is 27.7 Å². The highest BCUT2D eigenvalue weighted by molar-refractivity contribution is 6.29. The molecular weight excluding hydrogens is 200 g/mol. The van der Waals surface area contributed by atoms with Crippen LogP contribution in [0.25, 0.3) is 0 Å². The molecule has 1 heterocycles. The van der Waals surface area contributed by atoms with Crippen molar-refractivity contribution in [1.82, 2.24) is 9.78 Å². The van der Waals surface area contributed by atoms with Gasteiger partial charge in [-0.3, -0.25) is 4.68 Å². The number of aromatic nitrogens is 2. The Balaban J connectivity index is 2.74. The first-order valence-electron chi connectivity index (χ1n) is 4.68. The minimum absolute atomic E-state index is 0.150. The van der Waals surface area contributed by atoms with Gasteiger partial charge in [0.1, 0.15) is 5.15 Å². The van der Waals surface area contributed by atoms with Crippen LogP contribution < -0.4 is 0 Å². The maximum absolute atomic E-state index is 9.85. The lowest BCUT2D eigenvalue weighted by molar-refractivity contribution is 0.0451. The second-order valence-corrected chi connectivity index (χ2v) is 5.06. The molecule has 0 aromatic carbocycles. The van der Waals surface area contributed by atoms with Gasteiger partial charge in [0.05, 0.1) is 18.3 Å². The largest absolute Gasteiger partial charge is 0.391 e. The van der Waals surface area contributed by atoms with Crippen molar-refractivity contribution in [2.24, 2.45) is 5.41 Å². The zero-order valence-electron chi connectivity index (χ0n) is 9.08. The summed E-state index contributed by atoms with van der Waals surface area (Å²) in [7, 11) is 0. The molecule has 4 heteroatoms. The van der Waals surface area contributed by atoms with E-state index < -0.39 is 6.10 Å². The molecule has 0 aliphatic rings. The predicted molar refractivity (Wildman–Crippen MR) is 57.4 cm³/mol. The van der Waals surface area contributed by atoms with Gasteiger partial charge in [-0.05, 0) is 18.4 Å². The summed E-state index contributed by atoms with van der Waals surface area (Å²) in [6.45, 7) is 8.29. The van der Waals surface area contributed by atoms with Crippen LogP contribution in [0.4, 0.5) is 0 Å². The molecule has 3 nitrogen and oxygen atoms in total. The fraction of sp³-hybridized carbons (Fsp3) is 0.700. The standard InChI is InChI=1S/C10H17ClN2O/c1-7-5-9(11)13(12-7)6-8(14)10(2,3)4/h5,8,14H,6H2,1-4H3. The average Bonchev–Trinajstić information content (AvgIpc) is 2.28. The maximum Gasteiger partial charge on any atom is 0.127 e. The highest BCUT2D eigenvalue weighted by atomic mass is 35.5. The minimum Gasteiger partial charge on any atom is -0.391 e. The zero-order valence-corrected chi connectivity index (χ0v) is 9.84. The van der Waals surface area contributed by atoms with Gasteiger partial charge in [-0.25, -0.2) is 0 Å². The Bertz CT molecular complexity index is 314. The summed E-state index contributed by atoms with van der Waals surface area (Å²) in [6, 6.07) is 1.79.